The van der Waals surface area contributed by atoms with Crippen molar-refractivity contribution >= 4 is 18.3 Å². The molecule has 2 aliphatic carbocycles. The summed E-state index contributed by atoms with van der Waals surface area (Å²) < 4.78 is 0. The Labute approximate surface area is 123 Å². The second-order valence-electron chi connectivity index (χ2n) is 6.75. The van der Waals surface area contributed by atoms with Crippen LogP contribution in [0, 0.1) is 23.7 Å². The molecule has 0 saturated heterocycles. The summed E-state index contributed by atoms with van der Waals surface area (Å²) in [4.78, 5) is 11.8. The highest BCUT2D eigenvalue weighted by atomic mass is 35.5. The number of hydrogen-bond donors (Lipinski definition) is 2. The Hall–Kier alpha value is -0.280. The summed E-state index contributed by atoms with van der Waals surface area (Å²) >= 11 is 0. The van der Waals surface area contributed by atoms with E-state index in [-0.39, 0.29) is 24.4 Å². The summed E-state index contributed by atoms with van der Waals surface area (Å²) in [6.45, 7) is 5.02. The van der Waals surface area contributed by atoms with Gasteiger partial charge in [0.15, 0.2) is 0 Å². The third-order valence-electron chi connectivity index (χ3n) is 4.76. The first-order valence-electron chi connectivity index (χ1n) is 7.59. The molecule has 3 unspecified atom stereocenters. The fourth-order valence-corrected chi connectivity index (χ4v) is 3.86. The van der Waals surface area contributed by atoms with Gasteiger partial charge in [-0.1, -0.05) is 20.3 Å². The van der Waals surface area contributed by atoms with Crippen molar-refractivity contribution < 1.29 is 4.79 Å². The molecule has 2 rings (SSSR count). The van der Waals surface area contributed by atoms with Crippen LogP contribution in [0.25, 0.3) is 0 Å². The predicted molar refractivity (Wildman–Crippen MR) is 81.2 cm³/mol. The summed E-state index contributed by atoms with van der Waals surface area (Å²) in [5.41, 5.74) is 5.86. The van der Waals surface area contributed by atoms with E-state index in [9.17, 15) is 4.79 Å². The van der Waals surface area contributed by atoms with Gasteiger partial charge < -0.3 is 11.1 Å². The molecule has 1 amide bonds. The molecule has 112 valence electrons. The smallest absolute Gasteiger partial charge is 0.236 e. The number of amides is 1. The fourth-order valence-electron chi connectivity index (χ4n) is 3.86. The number of hydrogen-bond acceptors (Lipinski definition) is 2. The molecule has 4 atom stereocenters. The van der Waals surface area contributed by atoms with Gasteiger partial charge in [0.05, 0.1) is 6.04 Å². The second kappa shape index (κ2) is 7.49. The van der Waals surface area contributed by atoms with Gasteiger partial charge in [0.25, 0.3) is 0 Å². The number of carbonyl (C=O) groups is 1. The molecule has 0 aliphatic heterocycles. The van der Waals surface area contributed by atoms with E-state index in [0.29, 0.717) is 5.92 Å². The molecule has 3 N–H and O–H groups in total. The van der Waals surface area contributed by atoms with Gasteiger partial charge in [-0.05, 0) is 55.8 Å². The first kappa shape index (κ1) is 16.8. The Morgan fingerprint density at radius 1 is 1.32 bits per heavy atom. The molecule has 0 spiro atoms. The van der Waals surface area contributed by atoms with E-state index in [1.54, 1.807) is 0 Å². The summed E-state index contributed by atoms with van der Waals surface area (Å²) in [5.74, 6) is 3.34. The first-order chi connectivity index (χ1) is 8.56. The first-order valence-corrected chi connectivity index (χ1v) is 7.59. The van der Waals surface area contributed by atoms with E-state index in [4.69, 9.17) is 5.73 Å². The van der Waals surface area contributed by atoms with Crippen LogP contribution in [0.3, 0.4) is 0 Å². The zero-order valence-electron chi connectivity index (χ0n) is 12.2. The molecule has 19 heavy (non-hydrogen) atoms. The number of nitrogens with two attached hydrogens (primary N) is 1. The van der Waals surface area contributed by atoms with Gasteiger partial charge in [0, 0.05) is 6.54 Å². The number of rotatable bonds is 6. The Balaban J connectivity index is 0.00000180. The van der Waals surface area contributed by atoms with E-state index in [0.717, 1.165) is 37.1 Å². The summed E-state index contributed by atoms with van der Waals surface area (Å²) in [6, 6.07) is -0.329. The zero-order chi connectivity index (χ0) is 13.1. The van der Waals surface area contributed by atoms with Crippen LogP contribution in [0.2, 0.25) is 0 Å². The predicted octanol–water partition coefficient (Wildman–Crippen LogP) is 2.72. The highest BCUT2D eigenvalue weighted by Crippen LogP contribution is 2.49. The maximum absolute atomic E-state index is 11.8. The number of nitrogens with one attached hydrogen (secondary N) is 1. The van der Waals surface area contributed by atoms with Gasteiger partial charge in [-0.15, -0.1) is 12.4 Å². The highest BCUT2D eigenvalue weighted by molar-refractivity contribution is 5.85. The minimum absolute atomic E-state index is 0. The van der Waals surface area contributed by atoms with Crippen LogP contribution < -0.4 is 11.1 Å². The average Bonchev–Trinajstić information content (AvgIpc) is 2.89. The molecule has 2 aliphatic rings. The van der Waals surface area contributed by atoms with Crippen molar-refractivity contribution in [3.05, 3.63) is 0 Å². The van der Waals surface area contributed by atoms with E-state index < -0.39 is 0 Å². The van der Waals surface area contributed by atoms with Gasteiger partial charge in [-0.3, -0.25) is 4.79 Å². The summed E-state index contributed by atoms with van der Waals surface area (Å²) in [7, 11) is 0. The number of fused-ring (bicyclic) bond motifs is 2. The van der Waals surface area contributed by atoms with Crippen molar-refractivity contribution in [3.63, 3.8) is 0 Å². The summed E-state index contributed by atoms with van der Waals surface area (Å²) in [6.07, 6.45) is 7.66. The number of halogens is 1. The van der Waals surface area contributed by atoms with Gasteiger partial charge >= 0.3 is 0 Å². The number of carbonyl (C=O) groups excluding carboxylic acids is 1. The lowest BCUT2D eigenvalue weighted by Gasteiger charge is -2.22. The van der Waals surface area contributed by atoms with E-state index in [1.165, 1.54) is 25.7 Å². The Kier molecular flexibility index (Phi) is 6.61. The van der Waals surface area contributed by atoms with Gasteiger partial charge in [-0.25, -0.2) is 0 Å². The maximum atomic E-state index is 11.8. The van der Waals surface area contributed by atoms with Crippen LogP contribution >= 0.6 is 12.4 Å². The van der Waals surface area contributed by atoms with Crippen LogP contribution in [-0.4, -0.2) is 18.5 Å². The molecule has 0 radical (unpaired) electrons. The standard InChI is InChI=1S/C15H28N2O.ClH/c1-10(2)7-14(16)15(18)17-6-5-13-9-11-3-4-12(13)8-11;/h10-14H,3-9,16H2,1-2H3,(H,17,18);1H/t11?,12?,13?,14-;/m0./s1. The largest absolute Gasteiger partial charge is 0.355 e. The molecule has 2 bridgehead atoms. The molecule has 2 fully saturated rings. The Morgan fingerprint density at radius 2 is 2.05 bits per heavy atom. The lowest BCUT2D eigenvalue weighted by atomic mass is 9.86. The minimum atomic E-state index is -0.329. The average molecular weight is 289 g/mol. The van der Waals surface area contributed by atoms with E-state index in [1.807, 2.05) is 0 Å². The van der Waals surface area contributed by atoms with Crippen LogP contribution in [0.5, 0.6) is 0 Å². The van der Waals surface area contributed by atoms with Crippen LogP contribution in [0.4, 0.5) is 0 Å². The SMILES string of the molecule is CC(C)C[C@H](N)C(=O)NCCC1CC2CCC1C2.Cl. The maximum Gasteiger partial charge on any atom is 0.236 e. The third kappa shape index (κ3) is 4.64. The molecule has 0 aromatic heterocycles. The van der Waals surface area contributed by atoms with Crippen LogP contribution in [0.1, 0.15) is 52.4 Å². The normalized spacial score (nSPS) is 30.2. The van der Waals surface area contributed by atoms with Crippen molar-refractivity contribution in [2.45, 2.75) is 58.4 Å². The topological polar surface area (TPSA) is 55.1 Å². The quantitative estimate of drug-likeness (QED) is 0.789. The molecule has 3 nitrogen and oxygen atoms in total. The van der Waals surface area contributed by atoms with Crippen molar-refractivity contribution in [2.75, 3.05) is 6.54 Å². The van der Waals surface area contributed by atoms with Gasteiger partial charge in [0.1, 0.15) is 0 Å². The lowest BCUT2D eigenvalue weighted by molar-refractivity contribution is -0.122. The highest BCUT2D eigenvalue weighted by Gasteiger charge is 2.38. The van der Waals surface area contributed by atoms with Crippen LogP contribution in [0.15, 0.2) is 0 Å². The van der Waals surface area contributed by atoms with Crippen molar-refractivity contribution in [3.8, 4) is 0 Å². The van der Waals surface area contributed by atoms with E-state index >= 15 is 0 Å². The van der Waals surface area contributed by atoms with Crippen molar-refractivity contribution in [1.29, 1.82) is 0 Å². The van der Waals surface area contributed by atoms with Gasteiger partial charge in [0.2, 0.25) is 5.91 Å². The molecule has 4 heteroatoms. The molecule has 0 aromatic carbocycles. The van der Waals surface area contributed by atoms with Gasteiger partial charge in [-0.2, -0.15) is 0 Å². The summed E-state index contributed by atoms with van der Waals surface area (Å²) in [5, 5.41) is 3.01. The van der Waals surface area contributed by atoms with E-state index in [2.05, 4.69) is 19.2 Å². The molecule has 2 saturated carbocycles. The third-order valence-corrected chi connectivity index (χ3v) is 4.76. The zero-order valence-corrected chi connectivity index (χ0v) is 13.0. The van der Waals surface area contributed by atoms with Crippen LogP contribution in [-0.2, 0) is 4.79 Å². The fraction of sp³-hybridized carbons (Fsp3) is 0.933. The molecular weight excluding hydrogens is 260 g/mol. The monoisotopic (exact) mass is 288 g/mol. The Morgan fingerprint density at radius 3 is 2.58 bits per heavy atom. The second-order valence-corrected chi connectivity index (χ2v) is 6.75. The molecular formula is C15H29ClN2O. The molecule has 0 heterocycles. The lowest BCUT2D eigenvalue weighted by Crippen LogP contribution is -2.42. The minimum Gasteiger partial charge on any atom is -0.355 e. The van der Waals surface area contributed by atoms with Crippen molar-refractivity contribution in [2.24, 2.45) is 29.4 Å². The molecule has 0 aromatic rings. The van der Waals surface area contributed by atoms with Crippen molar-refractivity contribution in [1.82, 2.24) is 5.32 Å². The Bertz CT molecular complexity index is 296.